The van der Waals surface area contributed by atoms with Gasteiger partial charge in [0.05, 0.1) is 56.1 Å². The number of ether oxygens (including phenoxy) is 4. The number of nitrogens with zero attached hydrogens (tertiary/aromatic N) is 9. The van der Waals surface area contributed by atoms with E-state index in [2.05, 4.69) is 40.5 Å². The van der Waals surface area contributed by atoms with Gasteiger partial charge in [-0.3, -0.25) is 20.1 Å². The Morgan fingerprint density at radius 1 is 0.980 bits per heavy atom. The molecule has 2 amide bonds. The monoisotopic (exact) mass is 765 g/mol. The van der Waals surface area contributed by atoms with Crippen LogP contribution in [0.4, 0.5) is 16.4 Å². The summed E-state index contributed by atoms with van der Waals surface area (Å²) in [7, 11) is 2.41. The van der Waals surface area contributed by atoms with E-state index in [-0.39, 0.29) is 56.1 Å². The number of amides is 2. The first-order valence-corrected chi connectivity index (χ1v) is 16.0. The summed E-state index contributed by atoms with van der Waals surface area (Å²) in [6.45, 7) is 0. The Morgan fingerprint density at radius 3 is 2.24 bits per heavy atom. The molecule has 0 radical (unpaired) electrons. The number of hydrogen-bond donors (Lipinski definition) is 2. The highest BCUT2D eigenvalue weighted by Crippen LogP contribution is 2.33. The highest BCUT2D eigenvalue weighted by Gasteiger charge is 2.29. The van der Waals surface area contributed by atoms with E-state index in [0.717, 1.165) is 22.7 Å². The Balaban J connectivity index is 0.000000238. The molecule has 0 saturated heterocycles. The van der Waals surface area contributed by atoms with E-state index < -0.39 is 26.9 Å². The minimum atomic E-state index is -4.36. The topological polar surface area (TPSA) is 260 Å². The van der Waals surface area contributed by atoms with Gasteiger partial charge in [0.15, 0.2) is 5.03 Å². The Hall–Kier alpha value is -6.13. The van der Waals surface area contributed by atoms with Crippen LogP contribution in [0.1, 0.15) is 10.4 Å². The molecule has 0 bridgehead atoms. The first kappa shape index (κ1) is 37.7. The smallest absolute Gasteiger partial charge is 0.345 e. The molecule has 0 aliphatic rings. The van der Waals surface area contributed by atoms with Crippen LogP contribution in [0.15, 0.2) is 53.7 Å². The van der Waals surface area contributed by atoms with Gasteiger partial charge in [0, 0.05) is 24.2 Å². The number of aryl methyl sites for hydroxylation is 2. The summed E-state index contributed by atoms with van der Waals surface area (Å²) in [6.07, 6.45) is 1.25. The van der Waals surface area contributed by atoms with Crippen LogP contribution < -0.4 is 24.2 Å². The molecule has 51 heavy (non-hydrogen) atoms. The molecule has 5 rings (SSSR count). The third-order valence-electron chi connectivity index (χ3n) is 6.13. The fraction of sp³-hybridized carbons (Fsp3) is 0.185. The van der Waals surface area contributed by atoms with Crippen molar-refractivity contribution in [1.82, 2.24) is 44.7 Å². The number of halogens is 2. The number of benzene rings is 2. The van der Waals surface area contributed by atoms with E-state index in [1.807, 2.05) is 4.72 Å². The van der Waals surface area contributed by atoms with Gasteiger partial charge < -0.3 is 18.9 Å². The number of esters is 1. The van der Waals surface area contributed by atoms with E-state index in [4.69, 9.17) is 37.4 Å². The zero-order chi connectivity index (χ0) is 37.5. The lowest BCUT2D eigenvalue weighted by Gasteiger charge is -2.10. The number of sulfonamides is 1. The summed E-state index contributed by atoms with van der Waals surface area (Å²) >= 11 is 11.8. The Morgan fingerprint density at radius 2 is 1.67 bits per heavy atom. The summed E-state index contributed by atoms with van der Waals surface area (Å²) in [5.74, 6) is -0.308. The average molecular weight is 767 g/mol. The van der Waals surface area contributed by atoms with Gasteiger partial charge in [-0.15, -0.1) is 10.2 Å². The van der Waals surface area contributed by atoms with E-state index in [0.29, 0.717) is 10.8 Å². The SMILES string of the molecule is COC(=O)c1cc(Oc2ccc(Cl)cc2Cl)ccc1[N+](=O)[O-].COc1cc(OC)nc(NC(=O)NS(=O)(=O)c2c(-c3nnn(C)n3)cnn2C)n1. The van der Waals surface area contributed by atoms with Gasteiger partial charge in [-0.2, -0.15) is 28.3 Å². The van der Waals surface area contributed by atoms with Crippen molar-refractivity contribution in [2.24, 2.45) is 14.1 Å². The minimum Gasteiger partial charge on any atom is -0.481 e. The quantitative estimate of drug-likeness (QED) is 0.117. The Kier molecular flexibility index (Phi) is 11.9. The fourth-order valence-electron chi connectivity index (χ4n) is 3.95. The van der Waals surface area contributed by atoms with E-state index in [1.54, 1.807) is 12.1 Å². The van der Waals surface area contributed by atoms with Crippen LogP contribution in [0.2, 0.25) is 10.0 Å². The van der Waals surface area contributed by atoms with Gasteiger partial charge in [0.1, 0.15) is 17.1 Å². The molecule has 24 heteroatoms. The van der Waals surface area contributed by atoms with Crippen LogP contribution >= 0.6 is 23.2 Å². The average Bonchev–Trinajstić information content (AvgIpc) is 3.70. The zero-order valence-corrected chi connectivity index (χ0v) is 29.2. The maximum atomic E-state index is 12.8. The third-order valence-corrected chi connectivity index (χ3v) is 8.11. The molecule has 0 aliphatic carbocycles. The van der Waals surface area contributed by atoms with Gasteiger partial charge in [0.2, 0.25) is 23.5 Å². The molecular formula is C27H25Cl2N11O10S. The fourth-order valence-corrected chi connectivity index (χ4v) is 5.62. The van der Waals surface area contributed by atoms with E-state index in [9.17, 15) is 28.1 Å². The number of anilines is 1. The maximum absolute atomic E-state index is 12.8. The van der Waals surface area contributed by atoms with Gasteiger partial charge in [-0.1, -0.05) is 23.2 Å². The van der Waals surface area contributed by atoms with E-state index >= 15 is 0 Å². The first-order valence-electron chi connectivity index (χ1n) is 13.7. The van der Waals surface area contributed by atoms with Crippen LogP contribution in [0.5, 0.6) is 23.3 Å². The number of hydrogen-bond acceptors (Lipinski definition) is 16. The lowest BCUT2D eigenvalue weighted by Crippen LogP contribution is -2.36. The Labute approximate surface area is 297 Å². The van der Waals surface area contributed by atoms with Gasteiger partial charge in [-0.05, 0) is 29.5 Å². The third kappa shape index (κ3) is 9.31. The molecule has 3 aromatic heterocycles. The number of nitrogens with one attached hydrogen (secondary N) is 2. The molecular weight excluding hydrogens is 741 g/mol. The normalized spacial score (nSPS) is 10.7. The van der Waals surface area contributed by atoms with Crippen LogP contribution in [-0.4, -0.2) is 86.6 Å². The molecule has 268 valence electrons. The number of rotatable bonds is 10. The second-order valence-electron chi connectivity index (χ2n) is 9.53. The highest BCUT2D eigenvalue weighted by atomic mass is 35.5. The predicted octanol–water partition coefficient (Wildman–Crippen LogP) is 3.41. The predicted molar refractivity (Wildman–Crippen MR) is 176 cm³/mol. The lowest BCUT2D eigenvalue weighted by molar-refractivity contribution is -0.385. The van der Waals surface area contributed by atoms with Crippen molar-refractivity contribution in [1.29, 1.82) is 0 Å². The number of methoxy groups -OCH3 is 3. The molecule has 0 saturated carbocycles. The van der Waals surface area contributed by atoms with Gasteiger partial charge >= 0.3 is 12.0 Å². The molecule has 21 nitrogen and oxygen atoms in total. The second-order valence-corrected chi connectivity index (χ2v) is 12.0. The lowest BCUT2D eigenvalue weighted by atomic mass is 10.1. The number of tetrazole rings is 1. The van der Waals surface area contributed by atoms with Gasteiger partial charge in [0.25, 0.3) is 15.7 Å². The van der Waals surface area contributed by atoms with Crippen molar-refractivity contribution in [2.75, 3.05) is 26.6 Å². The van der Waals surface area contributed by atoms with Crippen LogP contribution in [0.3, 0.4) is 0 Å². The molecule has 0 unspecified atom stereocenters. The second kappa shape index (κ2) is 16.1. The van der Waals surface area contributed by atoms with Crippen molar-refractivity contribution in [2.45, 2.75) is 5.03 Å². The molecule has 0 aliphatic heterocycles. The number of nitro groups is 1. The Bertz CT molecular complexity index is 2190. The van der Waals surface area contributed by atoms with Crippen molar-refractivity contribution in [3.05, 3.63) is 74.4 Å². The molecule has 3 heterocycles. The summed E-state index contributed by atoms with van der Waals surface area (Å²) in [4.78, 5) is 43.1. The minimum absolute atomic E-state index is 0.0299. The van der Waals surface area contributed by atoms with Crippen LogP contribution in [-0.2, 0) is 28.9 Å². The number of carbonyl (C=O) groups is 2. The number of carbonyl (C=O) groups excluding carboxylic acids is 2. The highest BCUT2D eigenvalue weighted by molar-refractivity contribution is 7.90. The molecule has 0 atom stereocenters. The largest absolute Gasteiger partial charge is 0.481 e. The number of aromatic nitrogens is 8. The van der Waals surface area contributed by atoms with Crippen molar-refractivity contribution < 1.29 is 41.9 Å². The molecule has 0 fully saturated rings. The summed E-state index contributed by atoms with van der Waals surface area (Å²) in [5.41, 5.74) is -0.517. The van der Waals surface area contributed by atoms with Gasteiger partial charge in [-0.25, -0.2) is 14.3 Å². The van der Waals surface area contributed by atoms with Crippen molar-refractivity contribution in [3.63, 3.8) is 0 Å². The summed E-state index contributed by atoms with van der Waals surface area (Å²) < 4.78 is 48.4. The van der Waals surface area contributed by atoms with E-state index in [1.165, 1.54) is 58.8 Å². The van der Waals surface area contributed by atoms with Crippen LogP contribution in [0, 0.1) is 10.1 Å². The molecule has 2 N–H and O–H groups in total. The molecule has 0 spiro atoms. The summed E-state index contributed by atoms with van der Waals surface area (Å²) in [6, 6.07) is 8.62. The number of urea groups is 1. The number of nitro benzene ring substituents is 1. The first-order chi connectivity index (χ1) is 24.1. The van der Waals surface area contributed by atoms with Crippen molar-refractivity contribution in [3.8, 4) is 34.6 Å². The maximum Gasteiger partial charge on any atom is 0.345 e. The van der Waals surface area contributed by atoms with Crippen LogP contribution in [0.25, 0.3) is 11.4 Å². The zero-order valence-electron chi connectivity index (χ0n) is 26.9. The summed E-state index contributed by atoms with van der Waals surface area (Å²) in [5, 5.41) is 28.8. The molecule has 5 aromatic rings. The van der Waals surface area contributed by atoms with Crippen molar-refractivity contribution >= 4 is 56.9 Å². The standard InChI is InChI=1S/C14H9Cl2NO5.C13H16N10O5S/c1-21-14(18)10-7-9(3-4-12(10)17(19)20)22-13-5-2-8(15)6-11(13)16;1-22-11(7(6-14-22)10-18-21-23(2)19-10)29(25,26)20-13(24)17-12-15-8(27-3)5-9(16-12)28-4/h2-7H,1H3;5-6H,1-4H3,(H2,15,16,17,20,24). The molecule has 2 aromatic carbocycles.